The summed E-state index contributed by atoms with van der Waals surface area (Å²) >= 11 is 7.33. The van der Waals surface area contributed by atoms with Gasteiger partial charge in [-0.3, -0.25) is 14.4 Å². The minimum Gasteiger partial charge on any atom is -0.459 e. The van der Waals surface area contributed by atoms with Crippen molar-refractivity contribution in [3.63, 3.8) is 0 Å². The molecule has 2 amide bonds. The second-order valence-corrected chi connectivity index (χ2v) is 8.72. The molecule has 1 aromatic carbocycles. The molecule has 0 spiro atoms. The maximum Gasteiger partial charge on any atom is 0.288 e. The Bertz CT molecular complexity index is 1120. The van der Waals surface area contributed by atoms with Gasteiger partial charge in [0, 0.05) is 15.5 Å². The highest BCUT2D eigenvalue weighted by Crippen LogP contribution is 2.38. The minimum atomic E-state index is -1.14. The van der Waals surface area contributed by atoms with E-state index in [2.05, 4.69) is 10.6 Å². The third-order valence-corrected chi connectivity index (χ3v) is 6.58. The number of primary amides is 1. The largest absolute Gasteiger partial charge is 0.459 e. The zero-order valence-corrected chi connectivity index (χ0v) is 18.0. The molecule has 1 aliphatic carbocycles. The average molecular weight is 458 g/mol. The number of hydrogen-bond acceptors (Lipinski definition) is 6. The number of anilines is 1. The fraction of sp³-hybridized carbons (Fsp3) is 0.227. The average Bonchev–Trinajstić information content (AvgIpc) is 3.41. The number of thiophene rings is 1. The van der Waals surface area contributed by atoms with Gasteiger partial charge in [0.2, 0.25) is 5.78 Å². The molecule has 0 unspecified atom stereocenters. The number of carbonyl (C=O) groups is 3. The molecule has 1 aliphatic rings. The quantitative estimate of drug-likeness (QED) is 0.366. The van der Waals surface area contributed by atoms with Crippen LogP contribution in [0, 0.1) is 0 Å². The molecular weight excluding hydrogens is 438 g/mol. The summed E-state index contributed by atoms with van der Waals surface area (Å²) in [6.07, 6.45) is 3.87. The molecule has 4 N–H and O–H groups in total. The van der Waals surface area contributed by atoms with Crippen LogP contribution in [-0.4, -0.2) is 23.8 Å². The van der Waals surface area contributed by atoms with Gasteiger partial charge in [-0.05, 0) is 67.6 Å². The van der Waals surface area contributed by atoms with Crippen molar-refractivity contribution in [1.29, 1.82) is 0 Å². The van der Waals surface area contributed by atoms with Crippen molar-refractivity contribution in [3.05, 3.63) is 75.0 Å². The van der Waals surface area contributed by atoms with E-state index in [1.165, 1.54) is 23.7 Å². The van der Waals surface area contributed by atoms with Crippen LogP contribution in [-0.2, 0) is 12.8 Å². The van der Waals surface area contributed by atoms with Gasteiger partial charge in [0.05, 0.1) is 11.8 Å². The first-order valence-corrected chi connectivity index (χ1v) is 11.0. The van der Waals surface area contributed by atoms with Crippen molar-refractivity contribution in [1.82, 2.24) is 5.32 Å². The van der Waals surface area contributed by atoms with Crippen LogP contribution < -0.4 is 16.4 Å². The molecule has 0 saturated heterocycles. The fourth-order valence-corrected chi connectivity index (χ4v) is 5.07. The molecule has 1 atom stereocenters. The molecule has 160 valence electrons. The van der Waals surface area contributed by atoms with Crippen LogP contribution in [0.15, 0.2) is 47.1 Å². The van der Waals surface area contributed by atoms with Crippen molar-refractivity contribution in [2.24, 2.45) is 5.73 Å². The van der Waals surface area contributed by atoms with E-state index in [0.29, 0.717) is 21.2 Å². The predicted octanol–water partition coefficient (Wildman–Crippen LogP) is 4.02. The lowest BCUT2D eigenvalue weighted by molar-refractivity contribution is 0.0853. The number of aryl methyl sites for hydroxylation is 1. The van der Waals surface area contributed by atoms with Gasteiger partial charge >= 0.3 is 0 Å². The number of fused-ring (bicyclic) bond motifs is 1. The van der Waals surface area contributed by atoms with E-state index >= 15 is 0 Å². The molecule has 2 heterocycles. The first-order chi connectivity index (χ1) is 14.9. The second-order valence-electron chi connectivity index (χ2n) is 7.18. The predicted molar refractivity (Wildman–Crippen MR) is 119 cm³/mol. The molecule has 0 radical (unpaired) electrons. The minimum absolute atomic E-state index is 0.0660. The van der Waals surface area contributed by atoms with Gasteiger partial charge in [-0.1, -0.05) is 11.6 Å². The normalized spacial score (nSPS) is 13.8. The number of furan rings is 1. The summed E-state index contributed by atoms with van der Waals surface area (Å²) in [7, 11) is 0. The molecule has 3 aromatic rings. The van der Waals surface area contributed by atoms with Crippen molar-refractivity contribution in [2.75, 3.05) is 5.32 Å². The Morgan fingerprint density at radius 3 is 2.52 bits per heavy atom. The number of amides is 2. The molecule has 7 nitrogen and oxygen atoms in total. The number of Topliss-reactive ketones (excluding diaryl/α,β-unsaturated/α-hetero) is 1. The fourth-order valence-electron chi connectivity index (χ4n) is 3.62. The molecule has 31 heavy (non-hydrogen) atoms. The standard InChI is InChI=1S/C22H20ClN3O4S/c23-13-9-7-12(8-10-13)18(27)20(25-21(29)15-5-3-11-30-15)26-22-17(19(24)28)14-4-1-2-6-16(14)31-22/h3,5,7-11,20,26H,1-2,4,6H2,(H2,24,28)(H,25,29)/t20-/m1/s1. The number of nitrogens with one attached hydrogen (secondary N) is 2. The molecular formula is C22H20ClN3O4S. The molecule has 2 aromatic heterocycles. The van der Waals surface area contributed by atoms with E-state index in [1.54, 1.807) is 30.3 Å². The van der Waals surface area contributed by atoms with E-state index in [1.807, 2.05) is 0 Å². The third-order valence-electron chi connectivity index (χ3n) is 5.10. The van der Waals surface area contributed by atoms with E-state index in [4.69, 9.17) is 21.8 Å². The number of carbonyl (C=O) groups excluding carboxylic acids is 3. The van der Waals surface area contributed by atoms with Gasteiger partial charge in [0.1, 0.15) is 5.00 Å². The Balaban J connectivity index is 1.68. The number of rotatable bonds is 7. The summed E-state index contributed by atoms with van der Waals surface area (Å²) in [6, 6.07) is 9.42. The highest BCUT2D eigenvalue weighted by Gasteiger charge is 2.29. The summed E-state index contributed by atoms with van der Waals surface area (Å²) < 4.78 is 5.14. The molecule has 0 fully saturated rings. The first kappa shape index (κ1) is 21.1. The summed E-state index contributed by atoms with van der Waals surface area (Å²) in [5.74, 6) is -1.45. The van der Waals surface area contributed by atoms with Crippen molar-refractivity contribution >= 4 is 45.5 Å². The van der Waals surface area contributed by atoms with Gasteiger partial charge in [-0.15, -0.1) is 11.3 Å². The van der Waals surface area contributed by atoms with Gasteiger partial charge < -0.3 is 20.8 Å². The van der Waals surface area contributed by atoms with Gasteiger partial charge in [-0.2, -0.15) is 0 Å². The maximum absolute atomic E-state index is 13.2. The lowest BCUT2D eigenvalue weighted by atomic mass is 9.95. The summed E-state index contributed by atoms with van der Waals surface area (Å²) in [5.41, 5.74) is 7.34. The molecule has 0 bridgehead atoms. The molecule has 9 heteroatoms. The van der Waals surface area contributed by atoms with Crippen LogP contribution in [0.25, 0.3) is 0 Å². The zero-order valence-electron chi connectivity index (χ0n) is 16.4. The molecule has 0 saturated carbocycles. The van der Waals surface area contributed by atoms with Crippen LogP contribution in [0.4, 0.5) is 5.00 Å². The van der Waals surface area contributed by atoms with Crippen LogP contribution >= 0.6 is 22.9 Å². The SMILES string of the molecule is NC(=O)c1c(N[C@@H](NC(=O)c2ccco2)C(=O)c2ccc(Cl)cc2)sc2c1CCCC2. The van der Waals surface area contributed by atoms with E-state index in [0.717, 1.165) is 36.1 Å². The van der Waals surface area contributed by atoms with E-state index in [-0.39, 0.29) is 5.76 Å². The monoisotopic (exact) mass is 457 g/mol. The van der Waals surface area contributed by atoms with Crippen molar-refractivity contribution in [3.8, 4) is 0 Å². The number of nitrogens with two attached hydrogens (primary N) is 1. The van der Waals surface area contributed by atoms with E-state index < -0.39 is 23.8 Å². The maximum atomic E-state index is 13.2. The Kier molecular flexibility index (Phi) is 6.11. The van der Waals surface area contributed by atoms with E-state index in [9.17, 15) is 14.4 Å². The number of halogens is 1. The Morgan fingerprint density at radius 2 is 1.84 bits per heavy atom. The summed E-state index contributed by atoms with van der Waals surface area (Å²) in [5, 5.41) is 6.68. The number of benzene rings is 1. The zero-order chi connectivity index (χ0) is 22.0. The second kappa shape index (κ2) is 8.95. The van der Waals surface area contributed by atoms with Gasteiger partial charge in [0.15, 0.2) is 11.9 Å². The highest BCUT2D eigenvalue weighted by atomic mass is 35.5. The highest BCUT2D eigenvalue weighted by molar-refractivity contribution is 7.16. The van der Waals surface area contributed by atoms with Crippen LogP contribution in [0.3, 0.4) is 0 Å². The lowest BCUT2D eigenvalue weighted by Crippen LogP contribution is -2.46. The molecule has 0 aliphatic heterocycles. The number of ketones is 1. The Morgan fingerprint density at radius 1 is 1.10 bits per heavy atom. The van der Waals surface area contributed by atoms with Crippen LogP contribution in [0.1, 0.15) is 54.6 Å². The lowest BCUT2D eigenvalue weighted by Gasteiger charge is -2.20. The Labute approximate surface area is 187 Å². The van der Waals surface area contributed by atoms with Crippen molar-refractivity contribution in [2.45, 2.75) is 31.8 Å². The van der Waals surface area contributed by atoms with Gasteiger partial charge in [-0.25, -0.2) is 0 Å². The topological polar surface area (TPSA) is 114 Å². The van der Waals surface area contributed by atoms with Gasteiger partial charge in [0.25, 0.3) is 11.8 Å². The molecule has 4 rings (SSSR count). The first-order valence-electron chi connectivity index (χ1n) is 9.79. The Hall–Kier alpha value is -3.10. The van der Waals surface area contributed by atoms with Crippen LogP contribution in [0.2, 0.25) is 5.02 Å². The van der Waals surface area contributed by atoms with Crippen LogP contribution in [0.5, 0.6) is 0 Å². The van der Waals surface area contributed by atoms with Crippen molar-refractivity contribution < 1.29 is 18.8 Å². The number of hydrogen-bond donors (Lipinski definition) is 3. The third kappa shape index (κ3) is 4.50. The summed E-state index contributed by atoms with van der Waals surface area (Å²) in [6.45, 7) is 0. The summed E-state index contributed by atoms with van der Waals surface area (Å²) in [4.78, 5) is 39.1. The smallest absolute Gasteiger partial charge is 0.288 e.